The van der Waals surface area contributed by atoms with Gasteiger partial charge in [-0.25, -0.2) is 0 Å². The quantitative estimate of drug-likeness (QED) is 0.421. The lowest BCUT2D eigenvalue weighted by Crippen LogP contribution is -1.97. The Labute approximate surface area is 75.9 Å². The van der Waals surface area contributed by atoms with E-state index < -0.39 is 0 Å². The van der Waals surface area contributed by atoms with Gasteiger partial charge in [0.25, 0.3) is 0 Å². The highest BCUT2D eigenvalue weighted by Gasteiger charge is 2.02. The molecule has 0 spiro atoms. The molecule has 0 bridgehead atoms. The fourth-order valence-electron chi connectivity index (χ4n) is 1.19. The SMILES string of the molecule is C=CC(C)CCCC(C)CC=O. The van der Waals surface area contributed by atoms with Crippen molar-refractivity contribution in [1.82, 2.24) is 0 Å². The van der Waals surface area contributed by atoms with Crippen molar-refractivity contribution in [2.75, 3.05) is 0 Å². The van der Waals surface area contributed by atoms with Crippen LogP contribution in [0.25, 0.3) is 0 Å². The van der Waals surface area contributed by atoms with Gasteiger partial charge < -0.3 is 4.79 Å². The van der Waals surface area contributed by atoms with Gasteiger partial charge in [0.05, 0.1) is 0 Å². The van der Waals surface area contributed by atoms with Crippen molar-refractivity contribution in [3.8, 4) is 0 Å². The normalized spacial score (nSPS) is 15.2. The van der Waals surface area contributed by atoms with E-state index in [2.05, 4.69) is 20.4 Å². The zero-order chi connectivity index (χ0) is 9.40. The van der Waals surface area contributed by atoms with Gasteiger partial charge in [-0.1, -0.05) is 32.8 Å². The second kappa shape index (κ2) is 7.08. The Morgan fingerprint density at radius 1 is 1.33 bits per heavy atom. The van der Waals surface area contributed by atoms with E-state index in [1.807, 2.05) is 6.08 Å². The van der Waals surface area contributed by atoms with Crippen LogP contribution < -0.4 is 0 Å². The smallest absolute Gasteiger partial charge is 0.120 e. The number of hydrogen-bond donors (Lipinski definition) is 0. The molecule has 2 unspecified atom stereocenters. The van der Waals surface area contributed by atoms with Gasteiger partial charge in [-0.2, -0.15) is 0 Å². The Morgan fingerprint density at radius 3 is 2.50 bits per heavy atom. The summed E-state index contributed by atoms with van der Waals surface area (Å²) in [6, 6.07) is 0. The van der Waals surface area contributed by atoms with Crippen molar-refractivity contribution in [2.45, 2.75) is 39.5 Å². The third-order valence-corrected chi connectivity index (χ3v) is 2.26. The number of rotatable bonds is 7. The van der Waals surface area contributed by atoms with Crippen LogP contribution in [0, 0.1) is 11.8 Å². The molecule has 0 radical (unpaired) electrons. The topological polar surface area (TPSA) is 17.1 Å². The summed E-state index contributed by atoms with van der Waals surface area (Å²) in [7, 11) is 0. The highest BCUT2D eigenvalue weighted by molar-refractivity contribution is 5.49. The summed E-state index contributed by atoms with van der Waals surface area (Å²) in [6.45, 7) is 8.05. The van der Waals surface area contributed by atoms with Gasteiger partial charge in [-0.15, -0.1) is 6.58 Å². The minimum absolute atomic E-state index is 0.555. The maximum Gasteiger partial charge on any atom is 0.120 e. The van der Waals surface area contributed by atoms with Crippen LogP contribution in [0.2, 0.25) is 0 Å². The average Bonchev–Trinajstić information content (AvgIpc) is 2.04. The summed E-state index contributed by atoms with van der Waals surface area (Å²) < 4.78 is 0. The molecule has 0 rings (SSSR count). The fraction of sp³-hybridized carbons (Fsp3) is 0.727. The number of hydrogen-bond acceptors (Lipinski definition) is 1. The molecular weight excluding hydrogens is 148 g/mol. The highest BCUT2D eigenvalue weighted by atomic mass is 16.1. The maximum absolute atomic E-state index is 10.2. The Bertz CT molecular complexity index is 129. The fourth-order valence-corrected chi connectivity index (χ4v) is 1.19. The molecule has 70 valence electrons. The first-order valence-electron chi connectivity index (χ1n) is 4.76. The summed E-state index contributed by atoms with van der Waals surface area (Å²) in [4.78, 5) is 10.2. The zero-order valence-corrected chi connectivity index (χ0v) is 8.25. The number of allylic oxidation sites excluding steroid dienone is 1. The van der Waals surface area contributed by atoms with Gasteiger partial charge in [0.15, 0.2) is 0 Å². The van der Waals surface area contributed by atoms with E-state index in [1.165, 1.54) is 12.8 Å². The molecule has 0 amide bonds. The van der Waals surface area contributed by atoms with Crippen molar-refractivity contribution in [1.29, 1.82) is 0 Å². The van der Waals surface area contributed by atoms with Crippen LogP contribution in [0.4, 0.5) is 0 Å². The molecular formula is C11H20O. The van der Waals surface area contributed by atoms with E-state index in [0.29, 0.717) is 18.3 Å². The van der Waals surface area contributed by atoms with Crippen molar-refractivity contribution < 1.29 is 4.79 Å². The zero-order valence-electron chi connectivity index (χ0n) is 8.25. The van der Waals surface area contributed by atoms with Crippen LogP contribution in [-0.2, 0) is 4.79 Å². The standard InChI is InChI=1S/C11H20O/c1-4-10(2)6-5-7-11(3)8-9-12/h4,9-11H,1,5-8H2,2-3H3. The van der Waals surface area contributed by atoms with Crippen molar-refractivity contribution in [3.63, 3.8) is 0 Å². The molecule has 0 saturated heterocycles. The first-order valence-corrected chi connectivity index (χ1v) is 4.76. The van der Waals surface area contributed by atoms with E-state index in [0.717, 1.165) is 12.7 Å². The molecule has 12 heavy (non-hydrogen) atoms. The lowest BCUT2D eigenvalue weighted by atomic mass is 9.97. The first-order chi connectivity index (χ1) is 5.70. The van der Waals surface area contributed by atoms with Crippen molar-refractivity contribution >= 4 is 6.29 Å². The molecule has 0 fully saturated rings. The number of aldehydes is 1. The van der Waals surface area contributed by atoms with Crippen LogP contribution in [0.1, 0.15) is 39.5 Å². The summed E-state index contributed by atoms with van der Waals surface area (Å²) >= 11 is 0. The van der Waals surface area contributed by atoms with Gasteiger partial charge in [-0.05, 0) is 18.3 Å². The summed E-state index contributed by atoms with van der Waals surface area (Å²) in [6.07, 6.45) is 7.29. The van der Waals surface area contributed by atoms with Crippen LogP contribution in [0.15, 0.2) is 12.7 Å². The van der Waals surface area contributed by atoms with E-state index in [1.54, 1.807) is 0 Å². The van der Waals surface area contributed by atoms with Crippen molar-refractivity contribution in [3.05, 3.63) is 12.7 Å². The van der Waals surface area contributed by atoms with Crippen molar-refractivity contribution in [2.24, 2.45) is 11.8 Å². The molecule has 0 heterocycles. The molecule has 0 aromatic heterocycles. The molecule has 0 aromatic carbocycles. The van der Waals surface area contributed by atoms with Crippen LogP contribution in [0.5, 0.6) is 0 Å². The van der Waals surface area contributed by atoms with E-state index in [-0.39, 0.29) is 0 Å². The van der Waals surface area contributed by atoms with Crippen LogP contribution >= 0.6 is 0 Å². The minimum Gasteiger partial charge on any atom is -0.303 e. The molecule has 2 atom stereocenters. The second-order valence-corrected chi connectivity index (χ2v) is 3.65. The Balaban J connectivity index is 3.29. The minimum atomic E-state index is 0.555. The second-order valence-electron chi connectivity index (χ2n) is 3.65. The predicted octanol–water partition coefficient (Wildman–Crippen LogP) is 3.20. The summed E-state index contributed by atoms with van der Waals surface area (Å²) in [5.41, 5.74) is 0. The predicted molar refractivity (Wildman–Crippen MR) is 53.1 cm³/mol. The molecule has 0 aliphatic carbocycles. The highest BCUT2D eigenvalue weighted by Crippen LogP contribution is 2.14. The molecule has 0 aromatic rings. The molecule has 1 nitrogen and oxygen atoms in total. The van der Waals surface area contributed by atoms with E-state index in [4.69, 9.17) is 0 Å². The monoisotopic (exact) mass is 168 g/mol. The average molecular weight is 168 g/mol. The first kappa shape index (κ1) is 11.4. The summed E-state index contributed by atoms with van der Waals surface area (Å²) in [5.74, 6) is 1.17. The Morgan fingerprint density at radius 2 is 2.00 bits per heavy atom. The van der Waals surface area contributed by atoms with Gasteiger partial charge in [0.2, 0.25) is 0 Å². The molecule has 0 N–H and O–H groups in total. The van der Waals surface area contributed by atoms with Gasteiger partial charge in [0, 0.05) is 6.42 Å². The van der Waals surface area contributed by atoms with Gasteiger partial charge in [0.1, 0.15) is 6.29 Å². The molecule has 0 saturated carbocycles. The van der Waals surface area contributed by atoms with Crippen LogP contribution in [0.3, 0.4) is 0 Å². The van der Waals surface area contributed by atoms with E-state index >= 15 is 0 Å². The summed E-state index contributed by atoms with van der Waals surface area (Å²) in [5, 5.41) is 0. The van der Waals surface area contributed by atoms with Gasteiger partial charge in [-0.3, -0.25) is 0 Å². The number of carbonyl (C=O) groups excluding carboxylic acids is 1. The molecule has 0 aliphatic heterocycles. The third-order valence-electron chi connectivity index (χ3n) is 2.26. The molecule has 0 aliphatic rings. The van der Waals surface area contributed by atoms with Gasteiger partial charge >= 0.3 is 0 Å². The van der Waals surface area contributed by atoms with Crippen LogP contribution in [-0.4, -0.2) is 6.29 Å². The maximum atomic E-state index is 10.2. The Kier molecular flexibility index (Phi) is 6.73. The van der Waals surface area contributed by atoms with E-state index in [9.17, 15) is 4.79 Å². The lowest BCUT2D eigenvalue weighted by Gasteiger charge is -2.08. The Hall–Kier alpha value is -0.590. The largest absolute Gasteiger partial charge is 0.303 e. The molecule has 1 heteroatoms. The lowest BCUT2D eigenvalue weighted by molar-refractivity contribution is -0.108. The third kappa shape index (κ3) is 6.14. The number of carbonyl (C=O) groups is 1.